The molecule has 0 saturated heterocycles. The maximum atomic E-state index is 10.3. The molecule has 0 amide bonds. The predicted molar refractivity (Wildman–Crippen MR) is 61.3 cm³/mol. The molecule has 0 fully saturated rings. The molecule has 0 spiro atoms. The molecule has 2 N–H and O–H groups in total. The first-order valence-corrected chi connectivity index (χ1v) is 4.80. The van der Waals surface area contributed by atoms with E-state index in [2.05, 4.69) is 20.4 Å². The lowest BCUT2D eigenvalue weighted by Crippen LogP contribution is -1.86. The zero-order chi connectivity index (χ0) is 12.1. The van der Waals surface area contributed by atoms with Gasteiger partial charge in [-0.25, -0.2) is 0 Å². The van der Waals surface area contributed by atoms with Crippen LogP contribution in [0.25, 0.3) is 11.0 Å². The Morgan fingerprint density at radius 1 is 1.12 bits per heavy atom. The van der Waals surface area contributed by atoms with Gasteiger partial charge in [-0.3, -0.25) is 10.1 Å². The molecule has 2 aromatic heterocycles. The second-order valence-corrected chi connectivity index (χ2v) is 3.14. The average Bonchev–Trinajstić information content (AvgIpc) is 3.02. The molecule has 0 radical (unpaired) electrons. The number of benzene rings is 1. The van der Waals surface area contributed by atoms with E-state index in [0.29, 0.717) is 11.0 Å². The number of nitrogens with zero attached hydrogens (tertiary/aromatic N) is 3. The second kappa shape index (κ2) is 4.88. The lowest BCUT2D eigenvalue weighted by atomic mass is 10.3. The number of hydrogen-bond donors (Lipinski definition) is 2. The Morgan fingerprint density at radius 2 is 1.82 bits per heavy atom. The van der Waals surface area contributed by atoms with Gasteiger partial charge in [0.25, 0.3) is 5.69 Å². The van der Waals surface area contributed by atoms with Crippen LogP contribution in [0, 0.1) is 10.1 Å². The van der Waals surface area contributed by atoms with Gasteiger partial charge < -0.3 is 4.98 Å². The summed E-state index contributed by atoms with van der Waals surface area (Å²) in [6.45, 7) is 0. The highest BCUT2D eigenvalue weighted by Gasteiger charge is 2.07. The average molecular weight is 231 g/mol. The molecule has 7 heteroatoms. The SMILES string of the molecule is O=[N+]([O-])c1ccc2n[nH]nc2c1.c1cc[nH]c1. The Morgan fingerprint density at radius 3 is 2.41 bits per heavy atom. The molecule has 3 aromatic rings. The quantitative estimate of drug-likeness (QED) is 0.493. The first kappa shape index (κ1) is 10.8. The largest absolute Gasteiger partial charge is 0.368 e. The van der Waals surface area contributed by atoms with Gasteiger partial charge in [0.1, 0.15) is 11.0 Å². The van der Waals surface area contributed by atoms with Crippen LogP contribution in [0.2, 0.25) is 0 Å². The smallest absolute Gasteiger partial charge is 0.271 e. The molecule has 0 aliphatic rings. The van der Waals surface area contributed by atoms with Crippen LogP contribution in [-0.4, -0.2) is 25.3 Å². The molecule has 0 unspecified atom stereocenters. The number of non-ortho nitro benzene ring substituents is 1. The van der Waals surface area contributed by atoms with Crippen LogP contribution in [0.5, 0.6) is 0 Å². The van der Waals surface area contributed by atoms with Crippen LogP contribution >= 0.6 is 0 Å². The minimum atomic E-state index is -0.464. The zero-order valence-electron chi connectivity index (χ0n) is 8.70. The molecule has 17 heavy (non-hydrogen) atoms. The number of nitrogens with one attached hydrogen (secondary N) is 2. The number of hydrogen-bond acceptors (Lipinski definition) is 4. The summed E-state index contributed by atoms with van der Waals surface area (Å²) in [5.41, 5.74) is 1.15. The Labute approximate surface area is 95.6 Å². The molecule has 0 aliphatic carbocycles. The number of aromatic amines is 2. The van der Waals surface area contributed by atoms with Crippen LogP contribution in [-0.2, 0) is 0 Å². The number of nitro groups is 1. The van der Waals surface area contributed by atoms with Gasteiger partial charge in [-0.15, -0.1) is 0 Å². The minimum Gasteiger partial charge on any atom is -0.368 e. The first-order chi connectivity index (χ1) is 8.27. The first-order valence-electron chi connectivity index (χ1n) is 4.80. The summed E-state index contributed by atoms with van der Waals surface area (Å²) in [6, 6.07) is 8.21. The number of nitro benzene ring substituents is 1. The lowest BCUT2D eigenvalue weighted by Gasteiger charge is -1.87. The Kier molecular flexibility index (Phi) is 3.10. The maximum Gasteiger partial charge on any atom is 0.271 e. The fraction of sp³-hybridized carbons (Fsp3) is 0. The summed E-state index contributed by atoms with van der Waals surface area (Å²) in [6.07, 6.45) is 3.75. The summed E-state index contributed by atoms with van der Waals surface area (Å²) in [5.74, 6) is 0. The highest BCUT2D eigenvalue weighted by atomic mass is 16.6. The van der Waals surface area contributed by atoms with Gasteiger partial charge in [-0.2, -0.15) is 15.4 Å². The van der Waals surface area contributed by atoms with Crippen molar-refractivity contribution in [3.63, 3.8) is 0 Å². The number of aromatic nitrogens is 4. The van der Waals surface area contributed by atoms with Crippen LogP contribution in [0.4, 0.5) is 5.69 Å². The van der Waals surface area contributed by atoms with E-state index in [1.807, 2.05) is 24.5 Å². The van der Waals surface area contributed by atoms with Gasteiger partial charge in [-0.1, -0.05) is 0 Å². The van der Waals surface area contributed by atoms with Crippen molar-refractivity contribution in [1.29, 1.82) is 0 Å². The molecule has 0 atom stereocenters. The van der Waals surface area contributed by atoms with Gasteiger partial charge in [0.05, 0.1) is 4.92 Å². The normalized spacial score (nSPS) is 9.65. The molecule has 86 valence electrons. The zero-order valence-corrected chi connectivity index (χ0v) is 8.70. The van der Waals surface area contributed by atoms with E-state index in [1.165, 1.54) is 12.1 Å². The number of H-pyrrole nitrogens is 2. The molecule has 0 aliphatic heterocycles. The van der Waals surface area contributed by atoms with Crippen molar-refractivity contribution >= 4 is 16.7 Å². The van der Waals surface area contributed by atoms with E-state index in [1.54, 1.807) is 6.07 Å². The molecule has 0 bridgehead atoms. The molecule has 1 aromatic carbocycles. The standard InChI is InChI=1S/C6H4N4O2.C4H5N/c11-10(12)4-1-2-5-6(3-4)8-9-7-5;1-2-4-5-3-1/h1-3H,(H,7,8,9);1-5H. The van der Waals surface area contributed by atoms with Gasteiger partial charge in [0.2, 0.25) is 0 Å². The highest BCUT2D eigenvalue weighted by molar-refractivity contribution is 5.76. The van der Waals surface area contributed by atoms with Crippen molar-refractivity contribution in [3.05, 3.63) is 52.8 Å². The minimum absolute atomic E-state index is 0.0244. The van der Waals surface area contributed by atoms with Crippen molar-refractivity contribution in [1.82, 2.24) is 20.4 Å². The Bertz CT molecular complexity index is 585. The maximum absolute atomic E-state index is 10.3. The topological polar surface area (TPSA) is 100 Å². The van der Waals surface area contributed by atoms with E-state index in [4.69, 9.17) is 0 Å². The van der Waals surface area contributed by atoms with E-state index in [-0.39, 0.29) is 5.69 Å². The molecule has 2 heterocycles. The Balaban J connectivity index is 0.000000181. The number of rotatable bonds is 1. The van der Waals surface area contributed by atoms with Gasteiger partial charge in [0, 0.05) is 24.5 Å². The summed E-state index contributed by atoms with van der Waals surface area (Å²) >= 11 is 0. The molecule has 7 nitrogen and oxygen atoms in total. The third-order valence-corrected chi connectivity index (χ3v) is 2.01. The number of fused-ring (bicyclic) bond motifs is 1. The summed E-state index contributed by atoms with van der Waals surface area (Å²) in [5, 5.41) is 20.2. The second-order valence-electron chi connectivity index (χ2n) is 3.14. The van der Waals surface area contributed by atoms with E-state index >= 15 is 0 Å². The van der Waals surface area contributed by atoms with Gasteiger partial charge in [-0.05, 0) is 18.2 Å². The fourth-order valence-electron chi connectivity index (χ4n) is 1.22. The van der Waals surface area contributed by atoms with Crippen molar-refractivity contribution in [3.8, 4) is 0 Å². The summed E-state index contributed by atoms with van der Waals surface area (Å²) in [4.78, 5) is 12.7. The van der Waals surface area contributed by atoms with Crippen molar-refractivity contribution in [2.75, 3.05) is 0 Å². The predicted octanol–water partition coefficient (Wildman–Crippen LogP) is 1.88. The fourth-order valence-corrected chi connectivity index (χ4v) is 1.22. The van der Waals surface area contributed by atoms with Crippen LogP contribution < -0.4 is 0 Å². The van der Waals surface area contributed by atoms with Gasteiger partial charge in [0.15, 0.2) is 0 Å². The van der Waals surface area contributed by atoms with E-state index < -0.39 is 4.92 Å². The molecule has 0 saturated carbocycles. The van der Waals surface area contributed by atoms with Crippen LogP contribution in [0.1, 0.15) is 0 Å². The lowest BCUT2D eigenvalue weighted by molar-refractivity contribution is -0.384. The highest BCUT2D eigenvalue weighted by Crippen LogP contribution is 2.16. The van der Waals surface area contributed by atoms with Gasteiger partial charge >= 0.3 is 0 Å². The third kappa shape index (κ3) is 2.65. The molecular formula is C10H9N5O2. The van der Waals surface area contributed by atoms with Crippen molar-refractivity contribution in [2.24, 2.45) is 0 Å². The summed E-state index contributed by atoms with van der Waals surface area (Å²) in [7, 11) is 0. The van der Waals surface area contributed by atoms with E-state index in [9.17, 15) is 10.1 Å². The third-order valence-electron chi connectivity index (χ3n) is 2.01. The van der Waals surface area contributed by atoms with Crippen LogP contribution in [0.15, 0.2) is 42.7 Å². The Hall–Kier alpha value is -2.70. The van der Waals surface area contributed by atoms with Crippen LogP contribution in [0.3, 0.4) is 0 Å². The molecule has 3 rings (SSSR count). The van der Waals surface area contributed by atoms with E-state index in [0.717, 1.165) is 0 Å². The van der Waals surface area contributed by atoms with Crippen molar-refractivity contribution < 1.29 is 4.92 Å². The van der Waals surface area contributed by atoms with Crippen molar-refractivity contribution in [2.45, 2.75) is 0 Å². The molecular weight excluding hydrogens is 222 g/mol. The monoisotopic (exact) mass is 231 g/mol. The summed E-state index contributed by atoms with van der Waals surface area (Å²) < 4.78 is 0.